The maximum absolute atomic E-state index is 3.68. The number of rotatable bonds is 5. The molecule has 5 atom stereocenters. The molecule has 2 nitrogen and oxygen atoms in total. The molecule has 0 saturated heterocycles. The standard InChI is InChI=1S/C13H24N2/c1-8(6-14-2)15-7-11-12-9-3-4-10(5-9)13(11)12/h8-15H,3-7H2,1-2H3. The number of hydrogen-bond acceptors (Lipinski definition) is 2. The van der Waals surface area contributed by atoms with Crippen LogP contribution in [0.25, 0.3) is 0 Å². The fourth-order valence-corrected chi connectivity index (χ4v) is 4.50. The lowest BCUT2D eigenvalue weighted by Gasteiger charge is -2.15. The summed E-state index contributed by atoms with van der Waals surface area (Å²) in [7, 11) is 2.03. The van der Waals surface area contributed by atoms with Gasteiger partial charge in [-0.1, -0.05) is 0 Å². The monoisotopic (exact) mass is 208 g/mol. The number of hydrogen-bond donors (Lipinski definition) is 2. The Bertz CT molecular complexity index is 225. The molecule has 0 aromatic heterocycles. The topological polar surface area (TPSA) is 24.1 Å². The van der Waals surface area contributed by atoms with Crippen LogP contribution in [0.15, 0.2) is 0 Å². The summed E-state index contributed by atoms with van der Waals surface area (Å²) in [6, 6.07) is 0.633. The van der Waals surface area contributed by atoms with Crippen molar-refractivity contribution in [1.29, 1.82) is 0 Å². The van der Waals surface area contributed by atoms with E-state index in [0.717, 1.165) is 36.1 Å². The van der Waals surface area contributed by atoms with E-state index in [9.17, 15) is 0 Å². The van der Waals surface area contributed by atoms with Gasteiger partial charge in [-0.15, -0.1) is 0 Å². The smallest absolute Gasteiger partial charge is 0.0164 e. The highest BCUT2D eigenvalue weighted by atomic mass is 15.0. The molecule has 0 aliphatic heterocycles. The molecule has 2 N–H and O–H groups in total. The van der Waals surface area contributed by atoms with E-state index in [1.54, 1.807) is 19.3 Å². The Morgan fingerprint density at radius 1 is 1.20 bits per heavy atom. The molecule has 5 unspecified atom stereocenters. The minimum absolute atomic E-state index is 0.633. The summed E-state index contributed by atoms with van der Waals surface area (Å²) in [6.45, 7) is 4.66. The first-order valence-corrected chi connectivity index (χ1v) is 6.69. The third kappa shape index (κ3) is 1.62. The number of nitrogens with one attached hydrogen (secondary N) is 2. The van der Waals surface area contributed by atoms with Crippen LogP contribution in [-0.2, 0) is 0 Å². The van der Waals surface area contributed by atoms with E-state index in [1.807, 2.05) is 7.05 Å². The average molecular weight is 208 g/mol. The average Bonchev–Trinajstić information content (AvgIpc) is 2.63. The second kappa shape index (κ2) is 3.74. The van der Waals surface area contributed by atoms with Crippen molar-refractivity contribution in [2.75, 3.05) is 20.1 Å². The quantitative estimate of drug-likeness (QED) is 0.715. The van der Waals surface area contributed by atoms with Crippen molar-refractivity contribution in [2.45, 2.75) is 32.2 Å². The van der Waals surface area contributed by atoms with Crippen LogP contribution in [0.2, 0.25) is 0 Å². The van der Waals surface area contributed by atoms with Crippen LogP contribution in [0.5, 0.6) is 0 Å². The first kappa shape index (κ1) is 10.1. The van der Waals surface area contributed by atoms with Crippen molar-refractivity contribution in [3.8, 4) is 0 Å². The van der Waals surface area contributed by atoms with E-state index in [1.165, 1.54) is 6.54 Å². The molecule has 3 saturated carbocycles. The van der Waals surface area contributed by atoms with Gasteiger partial charge in [-0.25, -0.2) is 0 Å². The van der Waals surface area contributed by atoms with Crippen LogP contribution in [-0.4, -0.2) is 26.2 Å². The lowest BCUT2D eigenvalue weighted by molar-refractivity contribution is 0.419. The van der Waals surface area contributed by atoms with E-state index in [4.69, 9.17) is 0 Å². The summed E-state index contributed by atoms with van der Waals surface area (Å²) in [6.07, 6.45) is 4.68. The van der Waals surface area contributed by atoms with Gasteiger partial charge in [0.15, 0.2) is 0 Å². The molecular weight excluding hydrogens is 184 g/mol. The summed E-state index contributed by atoms with van der Waals surface area (Å²) in [5.74, 6) is 5.59. The van der Waals surface area contributed by atoms with Crippen molar-refractivity contribution in [2.24, 2.45) is 29.6 Å². The first-order valence-electron chi connectivity index (χ1n) is 6.69. The minimum atomic E-state index is 0.633. The molecule has 0 aromatic carbocycles. The molecule has 0 spiro atoms. The van der Waals surface area contributed by atoms with Crippen molar-refractivity contribution in [1.82, 2.24) is 10.6 Å². The Morgan fingerprint density at radius 3 is 2.47 bits per heavy atom. The molecule has 15 heavy (non-hydrogen) atoms. The van der Waals surface area contributed by atoms with Crippen LogP contribution in [0.3, 0.4) is 0 Å². The van der Waals surface area contributed by atoms with Crippen molar-refractivity contribution in [3.05, 3.63) is 0 Å². The molecule has 2 heteroatoms. The van der Waals surface area contributed by atoms with Crippen molar-refractivity contribution in [3.63, 3.8) is 0 Å². The predicted molar refractivity (Wildman–Crippen MR) is 62.7 cm³/mol. The summed E-state index contributed by atoms with van der Waals surface area (Å²) < 4.78 is 0. The fourth-order valence-electron chi connectivity index (χ4n) is 4.50. The van der Waals surface area contributed by atoms with Gasteiger partial charge in [-0.3, -0.25) is 0 Å². The lowest BCUT2D eigenvalue weighted by Crippen LogP contribution is -2.36. The van der Waals surface area contributed by atoms with E-state index < -0.39 is 0 Å². The number of fused-ring (bicyclic) bond motifs is 5. The Labute approximate surface area is 93.2 Å². The highest BCUT2D eigenvalue weighted by molar-refractivity contribution is 5.13. The molecule has 2 bridgehead atoms. The van der Waals surface area contributed by atoms with Gasteiger partial charge in [0.2, 0.25) is 0 Å². The zero-order chi connectivity index (χ0) is 10.4. The zero-order valence-corrected chi connectivity index (χ0v) is 10.00. The van der Waals surface area contributed by atoms with Gasteiger partial charge in [0.05, 0.1) is 0 Å². The summed E-state index contributed by atoms with van der Waals surface area (Å²) in [4.78, 5) is 0. The van der Waals surface area contributed by atoms with Crippen LogP contribution in [0.4, 0.5) is 0 Å². The molecule has 0 heterocycles. The van der Waals surface area contributed by atoms with Crippen LogP contribution in [0.1, 0.15) is 26.2 Å². The van der Waals surface area contributed by atoms with Crippen molar-refractivity contribution >= 4 is 0 Å². The summed E-state index contributed by atoms with van der Waals surface area (Å²) in [5.41, 5.74) is 0. The molecule has 0 radical (unpaired) electrons. The van der Waals surface area contributed by atoms with E-state index in [-0.39, 0.29) is 0 Å². The Hall–Kier alpha value is -0.0800. The Balaban J connectivity index is 1.44. The van der Waals surface area contributed by atoms with Gasteiger partial charge in [-0.05, 0) is 69.4 Å². The van der Waals surface area contributed by atoms with E-state index in [0.29, 0.717) is 6.04 Å². The van der Waals surface area contributed by atoms with Gasteiger partial charge in [0, 0.05) is 12.6 Å². The van der Waals surface area contributed by atoms with Gasteiger partial charge in [-0.2, -0.15) is 0 Å². The summed E-state index contributed by atoms with van der Waals surface area (Å²) in [5, 5.41) is 6.91. The zero-order valence-electron chi connectivity index (χ0n) is 10.00. The minimum Gasteiger partial charge on any atom is -0.318 e. The molecular formula is C13H24N2. The third-order valence-electron chi connectivity index (χ3n) is 5.11. The van der Waals surface area contributed by atoms with E-state index >= 15 is 0 Å². The Kier molecular flexibility index (Phi) is 2.52. The number of likely N-dealkylation sites (N-methyl/N-ethyl adjacent to an activating group) is 1. The third-order valence-corrected chi connectivity index (χ3v) is 5.11. The van der Waals surface area contributed by atoms with Gasteiger partial charge in [0.1, 0.15) is 0 Å². The Morgan fingerprint density at radius 2 is 1.87 bits per heavy atom. The van der Waals surface area contributed by atoms with E-state index in [2.05, 4.69) is 17.6 Å². The van der Waals surface area contributed by atoms with Gasteiger partial charge >= 0.3 is 0 Å². The normalized spacial score (nSPS) is 48.0. The SMILES string of the molecule is CNCC(C)NCC1C2C3CCC(C3)C12. The highest BCUT2D eigenvalue weighted by Crippen LogP contribution is 2.69. The highest BCUT2D eigenvalue weighted by Gasteiger charge is 2.64. The van der Waals surface area contributed by atoms with Crippen LogP contribution >= 0.6 is 0 Å². The maximum atomic E-state index is 3.68. The fraction of sp³-hybridized carbons (Fsp3) is 1.00. The predicted octanol–water partition coefficient (Wildman–Crippen LogP) is 1.48. The molecule has 3 aliphatic rings. The molecule has 0 aromatic rings. The van der Waals surface area contributed by atoms with Crippen LogP contribution in [0, 0.1) is 29.6 Å². The molecule has 0 amide bonds. The second-order valence-corrected chi connectivity index (χ2v) is 6.02. The maximum Gasteiger partial charge on any atom is 0.0164 e. The lowest BCUT2D eigenvalue weighted by atomic mass is 10.0. The molecule has 3 fully saturated rings. The second-order valence-electron chi connectivity index (χ2n) is 6.02. The molecule has 86 valence electrons. The van der Waals surface area contributed by atoms with Crippen LogP contribution < -0.4 is 10.6 Å². The van der Waals surface area contributed by atoms with Gasteiger partial charge in [0.25, 0.3) is 0 Å². The first-order chi connectivity index (χ1) is 7.31. The molecule has 3 rings (SSSR count). The van der Waals surface area contributed by atoms with Gasteiger partial charge < -0.3 is 10.6 Å². The molecule has 3 aliphatic carbocycles. The summed E-state index contributed by atoms with van der Waals surface area (Å²) >= 11 is 0. The largest absolute Gasteiger partial charge is 0.318 e. The van der Waals surface area contributed by atoms with Crippen molar-refractivity contribution < 1.29 is 0 Å².